The van der Waals surface area contributed by atoms with Crippen LogP contribution in [-0.2, 0) is 0 Å². The molecule has 50 heavy (non-hydrogen) atoms. The summed E-state index contributed by atoms with van der Waals surface area (Å²) in [5, 5.41) is 2.14. The van der Waals surface area contributed by atoms with E-state index in [1.807, 2.05) is 30.3 Å². The van der Waals surface area contributed by atoms with E-state index in [0.29, 0.717) is 17.5 Å². The first kappa shape index (κ1) is 29.5. The molecule has 0 radical (unpaired) electrons. The summed E-state index contributed by atoms with van der Waals surface area (Å²) in [4.78, 5) is 15.0. The summed E-state index contributed by atoms with van der Waals surface area (Å²) in [5.74, 6) is 1.83. The molecule has 9 aromatic rings. The van der Waals surface area contributed by atoms with Gasteiger partial charge in [-0.2, -0.15) is 0 Å². The number of furan rings is 1. The van der Waals surface area contributed by atoms with Gasteiger partial charge in [-0.1, -0.05) is 157 Å². The minimum Gasteiger partial charge on any atom is -0.456 e. The second-order valence-corrected chi connectivity index (χ2v) is 12.5. The molecule has 0 fully saturated rings. The van der Waals surface area contributed by atoms with E-state index in [9.17, 15) is 0 Å². The van der Waals surface area contributed by atoms with Crippen LogP contribution in [0.5, 0.6) is 0 Å². The average Bonchev–Trinajstić information content (AvgIpc) is 3.56. The summed E-state index contributed by atoms with van der Waals surface area (Å²) >= 11 is 0. The third kappa shape index (κ3) is 5.43. The number of benzene rings is 7. The molecule has 0 N–H and O–H groups in total. The van der Waals surface area contributed by atoms with Crippen molar-refractivity contribution in [2.75, 3.05) is 0 Å². The Labute approximate surface area is 290 Å². The van der Waals surface area contributed by atoms with Gasteiger partial charge in [0.25, 0.3) is 0 Å². The SMILES string of the molecule is Cc1cccc(-c2ccc(-c3nc(-c4ccccc4)nc(-c4ccc5c(c4)oc4ccc(-c6ccccc6)c(-c6ccccc6)c45)n3)cc2)c1. The molecule has 0 amide bonds. The summed E-state index contributed by atoms with van der Waals surface area (Å²) in [6.07, 6.45) is 0. The summed E-state index contributed by atoms with van der Waals surface area (Å²) in [6.45, 7) is 2.11. The topological polar surface area (TPSA) is 51.8 Å². The van der Waals surface area contributed by atoms with Crippen LogP contribution in [0.2, 0.25) is 0 Å². The molecule has 2 aromatic heterocycles. The van der Waals surface area contributed by atoms with Crippen molar-refractivity contribution in [2.24, 2.45) is 0 Å². The van der Waals surface area contributed by atoms with Crippen molar-refractivity contribution in [3.8, 4) is 67.5 Å². The average molecular weight is 642 g/mol. The molecular formula is C46H31N3O. The number of hydrogen-bond acceptors (Lipinski definition) is 4. The molecule has 4 heteroatoms. The standard InChI is InChI=1S/C46H31N3O/c1-30-12-11-19-36(28-30)31-20-22-35(23-21-31)45-47-44(34-17-9-4-10-18-34)48-46(49-45)37-24-25-39-41(29-37)50-40-27-26-38(32-13-5-2-6-14-32)42(43(39)40)33-15-7-3-8-16-33/h2-29H,1H3. The Morgan fingerprint density at radius 3 is 1.58 bits per heavy atom. The van der Waals surface area contributed by atoms with E-state index in [1.54, 1.807) is 0 Å². The summed E-state index contributed by atoms with van der Waals surface area (Å²) < 4.78 is 6.59. The van der Waals surface area contributed by atoms with Crippen molar-refractivity contribution in [1.82, 2.24) is 15.0 Å². The Bertz CT molecular complexity index is 2630. The lowest BCUT2D eigenvalue weighted by atomic mass is 9.90. The molecule has 0 saturated heterocycles. The zero-order chi connectivity index (χ0) is 33.4. The number of aromatic nitrogens is 3. The van der Waals surface area contributed by atoms with Crippen LogP contribution in [0, 0.1) is 6.92 Å². The van der Waals surface area contributed by atoms with Gasteiger partial charge in [0, 0.05) is 33.0 Å². The van der Waals surface area contributed by atoms with Gasteiger partial charge in [-0.25, -0.2) is 15.0 Å². The van der Waals surface area contributed by atoms with Gasteiger partial charge >= 0.3 is 0 Å². The van der Waals surface area contributed by atoms with Gasteiger partial charge < -0.3 is 4.42 Å². The Kier molecular flexibility index (Phi) is 7.33. The maximum absolute atomic E-state index is 6.59. The molecule has 0 unspecified atom stereocenters. The largest absolute Gasteiger partial charge is 0.456 e. The summed E-state index contributed by atoms with van der Waals surface area (Å²) in [5.41, 5.74) is 12.5. The van der Waals surface area contributed by atoms with E-state index < -0.39 is 0 Å². The number of rotatable bonds is 6. The number of aryl methyl sites for hydroxylation is 1. The molecule has 7 aromatic carbocycles. The molecule has 0 saturated carbocycles. The fourth-order valence-electron chi connectivity index (χ4n) is 6.76. The van der Waals surface area contributed by atoms with Crippen LogP contribution < -0.4 is 0 Å². The fraction of sp³-hybridized carbons (Fsp3) is 0.0217. The molecule has 0 aliphatic heterocycles. The summed E-state index contributed by atoms with van der Waals surface area (Å²) in [6, 6.07) is 58.7. The first-order valence-electron chi connectivity index (χ1n) is 16.8. The van der Waals surface area contributed by atoms with Gasteiger partial charge in [0.15, 0.2) is 17.5 Å². The molecular weight excluding hydrogens is 611 g/mol. The summed E-state index contributed by atoms with van der Waals surface area (Å²) in [7, 11) is 0. The number of nitrogens with zero attached hydrogens (tertiary/aromatic N) is 3. The molecule has 236 valence electrons. The molecule has 4 nitrogen and oxygen atoms in total. The van der Waals surface area contributed by atoms with Crippen LogP contribution in [0.15, 0.2) is 174 Å². The predicted molar refractivity (Wildman–Crippen MR) is 204 cm³/mol. The molecule has 2 heterocycles. The van der Waals surface area contributed by atoms with E-state index in [1.165, 1.54) is 16.7 Å². The normalized spacial score (nSPS) is 11.3. The van der Waals surface area contributed by atoms with Gasteiger partial charge in [-0.3, -0.25) is 0 Å². The Morgan fingerprint density at radius 1 is 0.380 bits per heavy atom. The highest BCUT2D eigenvalue weighted by Crippen LogP contribution is 2.43. The third-order valence-corrected chi connectivity index (χ3v) is 9.21. The fourth-order valence-corrected chi connectivity index (χ4v) is 6.76. The van der Waals surface area contributed by atoms with E-state index in [0.717, 1.165) is 60.9 Å². The smallest absolute Gasteiger partial charge is 0.164 e. The first-order chi connectivity index (χ1) is 24.7. The lowest BCUT2D eigenvalue weighted by Gasteiger charge is -2.12. The second kappa shape index (κ2) is 12.4. The first-order valence-corrected chi connectivity index (χ1v) is 16.8. The monoisotopic (exact) mass is 641 g/mol. The van der Waals surface area contributed by atoms with E-state index in [-0.39, 0.29) is 0 Å². The molecule has 9 rings (SSSR count). The molecule has 0 bridgehead atoms. The van der Waals surface area contributed by atoms with Gasteiger partial charge in [-0.15, -0.1) is 0 Å². The van der Waals surface area contributed by atoms with Gasteiger partial charge in [0.05, 0.1) is 0 Å². The highest BCUT2D eigenvalue weighted by Gasteiger charge is 2.19. The quantitative estimate of drug-likeness (QED) is 0.181. The predicted octanol–water partition coefficient (Wildman–Crippen LogP) is 12.1. The van der Waals surface area contributed by atoms with Crippen LogP contribution in [0.25, 0.3) is 89.5 Å². The van der Waals surface area contributed by atoms with E-state index >= 15 is 0 Å². The molecule has 0 aliphatic rings. The number of hydrogen-bond donors (Lipinski definition) is 0. The Balaban J connectivity index is 1.19. The van der Waals surface area contributed by atoms with Crippen molar-refractivity contribution in [3.05, 3.63) is 175 Å². The van der Waals surface area contributed by atoms with Gasteiger partial charge in [-0.05, 0) is 52.9 Å². The minimum atomic E-state index is 0.590. The zero-order valence-electron chi connectivity index (χ0n) is 27.4. The van der Waals surface area contributed by atoms with Crippen LogP contribution >= 0.6 is 0 Å². The maximum atomic E-state index is 6.59. The van der Waals surface area contributed by atoms with E-state index in [2.05, 4.69) is 146 Å². The van der Waals surface area contributed by atoms with Crippen molar-refractivity contribution in [2.45, 2.75) is 6.92 Å². The highest BCUT2D eigenvalue weighted by molar-refractivity contribution is 6.16. The maximum Gasteiger partial charge on any atom is 0.164 e. The van der Waals surface area contributed by atoms with Crippen molar-refractivity contribution in [1.29, 1.82) is 0 Å². The number of fused-ring (bicyclic) bond motifs is 3. The van der Waals surface area contributed by atoms with Crippen molar-refractivity contribution < 1.29 is 4.42 Å². The molecule has 0 spiro atoms. The Hall–Kier alpha value is -6.65. The minimum absolute atomic E-state index is 0.590. The van der Waals surface area contributed by atoms with E-state index in [4.69, 9.17) is 19.4 Å². The third-order valence-electron chi connectivity index (χ3n) is 9.21. The van der Waals surface area contributed by atoms with Crippen molar-refractivity contribution >= 4 is 21.9 Å². The van der Waals surface area contributed by atoms with Crippen LogP contribution in [-0.4, -0.2) is 15.0 Å². The van der Waals surface area contributed by atoms with Gasteiger partial charge in [0.1, 0.15) is 11.2 Å². The Morgan fingerprint density at radius 2 is 0.920 bits per heavy atom. The zero-order valence-corrected chi connectivity index (χ0v) is 27.4. The van der Waals surface area contributed by atoms with Crippen LogP contribution in [0.4, 0.5) is 0 Å². The molecule has 0 atom stereocenters. The second-order valence-electron chi connectivity index (χ2n) is 12.5. The molecule has 0 aliphatic carbocycles. The van der Waals surface area contributed by atoms with Gasteiger partial charge in [0.2, 0.25) is 0 Å². The lowest BCUT2D eigenvalue weighted by molar-refractivity contribution is 0.669. The van der Waals surface area contributed by atoms with Crippen LogP contribution in [0.3, 0.4) is 0 Å². The lowest BCUT2D eigenvalue weighted by Crippen LogP contribution is -2.00. The van der Waals surface area contributed by atoms with Crippen LogP contribution in [0.1, 0.15) is 5.56 Å². The van der Waals surface area contributed by atoms with Crippen molar-refractivity contribution in [3.63, 3.8) is 0 Å². The highest BCUT2D eigenvalue weighted by atomic mass is 16.3.